The lowest BCUT2D eigenvalue weighted by molar-refractivity contribution is -0.131. The van der Waals surface area contributed by atoms with Crippen molar-refractivity contribution in [1.29, 1.82) is 0 Å². The minimum Gasteiger partial charge on any atom is -0.465 e. The second kappa shape index (κ2) is 22.1. The maximum atomic E-state index is 14.3. The van der Waals surface area contributed by atoms with Crippen LogP contribution in [-0.4, -0.2) is 84.3 Å². The van der Waals surface area contributed by atoms with Crippen molar-refractivity contribution in [3.63, 3.8) is 0 Å². The third-order valence-electron chi connectivity index (χ3n) is 11.6. The summed E-state index contributed by atoms with van der Waals surface area (Å²) in [6, 6.07) is 13.7. The molecule has 2 aromatic carbocycles. The number of carboxylic acid groups (broad SMARTS) is 1. The summed E-state index contributed by atoms with van der Waals surface area (Å²) in [5.74, 6) is -0.613. The van der Waals surface area contributed by atoms with Gasteiger partial charge in [-0.15, -0.1) is 0 Å². The number of nitrogens with one attached hydrogen (secondary N) is 5. The van der Waals surface area contributed by atoms with Gasteiger partial charge >= 0.3 is 6.09 Å². The number of imidazole rings is 2. The Kier molecular flexibility index (Phi) is 16.7. The molecule has 7 N–H and O–H groups in total. The third kappa shape index (κ3) is 12.9. The molecule has 314 valence electrons. The van der Waals surface area contributed by atoms with E-state index in [9.17, 15) is 29.4 Å². The lowest BCUT2D eigenvalue weighted by Crippen LogP contribution is -2.57. The zero-order chi connectivity index (χ0) is 41.4. The molecular weight excluding hydrogens is 737 g/mol. The number of carbonyl (C=O) groups excluding carboxylic acids is 3. The Labute approximate surface area is 341 Å². The van der Waals surface area contributed by atoms with Gasteiger partial charge in [-0.1, -0.05) is 102 Å². The summed E-state index contributed by atoms with van der Waals surface area (Å²) in [4.78, 5) is 64.9. The van der Waals surface area contributed by atoms with Gasteiger partial charge in [0.05, 0.1) is 35.8 Å². The average Bonchev–Trinajstić information content (AvgIpc) is 3.89. The second-order valence-electron chi connectivity index (χ2n) is 16.2. The fourth-order valence-electron chi connectivity index (χ4n) is 8.28. The van der Waals surface area contributed by atoms with Crippen molar-refractivity contribution in [2.45, 2.75) is 128 Å². The van der Waals surface area contributed by atoms with Gasteiger partial charge in [0.15, 0.2) is 0 Å². The van der Waals surface area contributed by atoms with Crippen LogP contribution in [0.3, 0.4) is 0 Å². The number of hydrogen-bond acceptors (Lipinski definition) is 7. The number of H-pyrrole nitrogens is 1. The van der Waals surface area contributed by atoms with Crippen LogP contribution >= 0.6 is 0 Å². The van der Waals surface area contributed by atoms with Gasteiger partial charge in [-0.3, -0.25) is 14.4 Å². The monoisotopic (exact) mass is 798 g/mol. The Balaban J connectivity index is 1.28. The van der Waals surface area contributed by atoms with Crippen LogP contribution in [0.2, 0.25) is 0 Å². The van der Waals surface area contributed by atoms with E-state index >= 15 is 0 Å². The molecule has 14 nitrogen and oxygen atoms in total. The molecule has 1 aliphatic rings. The van der Waals surface area contributed by atoms with E-state index in [2.05, 4.69) is 57.0 Å². The van der Waals surface area contributed by atoms with E-state index in [1.165, 1.54) is 12.7 Å². The van der Waals surface area contributed by atoms with Gasteiger partial charge in [0.25, 0.3) is 0 Å². The molecule has 2 heterocycles. The number of para-hydroxylation sites is 2. The molecule has 6 atom stereocenters. The molecule has 0 radical (unpaired) electrons. The number of aliphatic hydroxyl groups excluding tert-OH is 1. The lowest BCUT2D eigenvalue weighted by atomic mass is 9.80. The minimum absolute atomic E-state index is 0.0427. The van der Waals surface area contributed by atoms with Crippen molar-refractivity contribution in [3.05, 3.63) is 84.7 Å². The summed E-state index contributed by atoms with van der Waals surface area (Å²) in [7, 11) is 0. The van der Waals surface area contributed by atoms with E-state index in [0.717, 1.165) is 48.7 Å². The van der Waals surface area contributed by atoms with Crippen molar-refractivity contribution < 1.29 is 29.4 Å². The number of aromatic nitrogens is 4. The summed E-state index contributed by atoms with van der Waals surface area (Å²) in [6.07, 6.45) is 11.3. The molecule has 14 heteroatoms. The first kappa shape index (κ1) is 43.9. The summed E-state index contributed by atoms with van der Waals surface area (Å²) in [5.41, 5.74) is 3.13. The van der Waals surface area contributed by atoms with E-state index in [4.69, 9.17) is 0 Å². The highest BCUT2D eigenvalue weighted by atomic mass is 16.4. The van der Waals surface area contributed by atoms with Gasteiger partial charge in [0.2, 0.25) is 17.7 Å². The first-order valence-corrected chi connectivity index (χ1v) is 21.0. The molecule has 1 aliphatic carbocycles. The molecule has 4 amide bonds. The molecule has 2 aromatic heterocycles. The Morgan fingerprint density at radius 1 is 0.879 bits per heavy atom. The van der Waals surface area contributed by atoms with Crippen molar-refractivity contribution in [1.82, 2.24) is 40.8 Å². The number of amides is 4. The first-order valence-electron chi connectivity index (χ1n) is 21.0. The van der Waals surface area contributed by atoms with Crippen LogP contribution in [0.4, 0.5) is 4.79 Å². The summed E-state index contributed by atoms with van der Waals surface area (Å²) < 4.78 is 1.95. The molecule has 58 heavy (non-hydrogen) atoms. The normalized spacial score (nSPS) is 16.5. The Hall–Kier alpha value is -5.24. The molecule has 0 spiro atoms. The van der Waals surface area contributed by atoms with E-state index in [-0.39, 0.29) is 36.6 Å². The fourth-order valence-corrected chi connectivity index (χ4v) is 8.28. The zero-order valence-electron chi connectivity index (χ0n) is 34.1. The van der Waals surface area contributed by atoms with Gasteiger partial charge in [-0.2, -0.15) is 0 Å². The molecule has 0 bridgehead atoms. The van der Waals surface area contributed by atoms with Crippen molar-refractivity contribution >= 4 is 34.8 Å². The second-order valence-corrected chi connectivity index (χ2v) is 16.2. The maximum Gasteiger partial charge on any atom is 0.405 e. The van der Waals surface area contributed by atoms with Gasteiger partial charge in [-0.05, 0) is 61.1 Å². The van der Waals surface area contributed by atoms with Crippen LogP contribution in [0, 0.1) is 17.8 Å². The summed E-state index contributed by atoms with van der Waals surface area (Å²) in [5, 5.41) is 33.0. The predicted octanol–water partition coefficient (Wildman–Crippen LogP) is 5.69. The van der Waals surface area contributed by atoms with E-state index in [0.29, 0.717) is 43.8 Å². The molecule has 5 rings (SSSR count). The quantitative estimate of drug-likeness (QED) is 0.0525. The number of fused-ring (bicyclic) bond motifs is 1. The first-order chi connectivity index (χ1) is 28.0. The molecule has 0 saturated heterocycles. The number of nitrogens with zero attached hydrogens (tertiary/aromatic N) is 3. The van der Waals surface area contributed by atoms with Gasteiger partial charge in [0, 0.05) is 31.3 Å². The molecular formula is C44H62N8O6. The van der Waals surface area contributed by atoms with Gasteiger partial charge in [-0.25, -0.2) is 14.8 Å². The maximum absolute atomic E-state index is 14.3. The van der Waals surface area contributed by atoms with E-state index in [1.807, 2.05) is 47.0 Å². The predicted molar refractivity (Wildman–Crippen MR) is 223 cm³/mol. The van der Waals surface area contributed by atoms with Crippen LogP contribution in [0.1, 0.15) is 102 Å². The Morgan fingerprint density at radius 2 is 1.59 bits per heavy atom. The Morgan fingerprint density at radius 3 is 2.28 bits per heavy atom. The fraction of sp³-hybridized carbons (Fsp3) is 0.545. The largest absolute Gasteiger partial charge is 0.465 e. The number of aromatic amines is 1. The Bertz CT molecular complexity index is 1880. The molecule has 1 unspecified atom stereocenters. The summed E-state index contributed by atoms with van der Waals surface area (Å²) >= 11 is 0. The molecule has 1 saturated carbocycles. The number of hydrogen-bond donors (Lipinski definition) is 7. The molecule has 0 aliphatic heterocycles. The van der Waals surface area contributed by atoms with Gasteiger partial charge < -0.3 is 41.0 Å². The van der Waals surface area contributed by atoms with Crippen molar-refractivity contribution in [3.8, 4) is 0 Å². The smallest absolute Gasteiger partial charge is 0.405 e. The van der Waals surface area contributed by atoms with Gasteiger partial charge in [0.1, 0.15) is 18.1 Å². The van der Waals surface area contributed by atoms with Crippen molar-refractivity contribution in [2.24, 2.45) is 17.8 Å². The van der Waals surface area contributed by atoms with Crippen LogP contribution in [0.15, 0.2) is 73.4 Å². The van der Waals surface area contributed by atoms with E-state index < -0.39 is 42.1 Å². The van der Waals surface area contributed by atoms with Crippen LogP contribution in [-0.2, 0) is 27.2 Å². The standard InChI is InChI=1S/C44H62N8O6/c1-4-13-39(52-28-48-34-18-11-12-19-38(34)52)43(56)46-21-20-32(29(2)3)24-40(53)35(22-30-14-7-5-8-15-30)49-42(55)37(25-33-26-45-27-47-33)50-41(54)36(51-44(57)58)23-31-16-9-6-10-17-31/h6,9-12,16-19,26-30,32,35-37,39-40,51,53H,4-5,7-8,13-15,20-25H2,1-3H3,(H,45,47)(H,46,56)(H,49,55)(H,50,54)(H,57,58)/t32-,35-,36-,37-,39?,40+/m0/s1. The lowest BCUT2D eigenvalue weighted by Gasteiger charge is -2.34. The van der Waals surface area contributed by atoms with Crippen molar-refractivity contribution in [2.75, 3.05) is 6.54 Å². The summed E-state index contributed by atoms with van der Waals surface area (Å²) in [6.45, 7) is 6.72. The van der Waals surface area contributed by atoms with Crippen LogP contribution < -0.4 is 21.3 Å². The topological polar surface area (TPSA) is 203 Å². The van der Waals surface area contributed by atoms with E-state index in [1.54, 1.807) is 24.7 Å². The van der Waals surface area contributed by atoms with Crippen LogP contribution in [0.25, 0.3) is 11.0 Å². The number of carbonyl (C=O) groups is 4. The number of aliphatic hydroxyl groups is 1. The zero-order valence-corrected chi connectivity index (χ0v) is 34.1. The molecule has 1 fully saturated rings. The number of rotatable bonds is 22. The highest BCUT2D eigenvalue weighted by Gasteiger charge is 2.33. The highest BCUT2D eigenvalue weighted by Crippen LogP contribution is 2.30. The average molecular weight is 799 g/mol. The highest BCUT2D eigenvalue weighted by molar-refractivity contribution is 5.91. The third-order valence-corrected chi connectivity index (χ3v) is 11.6. The SMILES string of the molecule is CCCC(C(=O)NCC[C@@H](C[C@@H](O)[C@H](CC1CCCCC1)NC(=O)[C@H](Cc1cnc[nH]1)NC(=O)[C@H](Cc1ccccc1)NC(=O)O)C(C)C)n1cnc2ccccc21. The minimum atomic E-state index is -1.35. The van der Waals surface area contributed by atoms with Crippen LogP contribution in [0.5, 0.6) is 0 Å². The molecule has 4 aromatic rings. The number of benzene rings is 2.